The Bertz CT molecular complexity index is 286. The van der Waals surface area contributed by atoms with Crippen molar-refractivity contribution in [2.24, 2.45) is 0 Å². The summed E-state index contributed by atoms with van der Waals surface area (Å²) >= 11 is 0. The second-order valence-electron chi connectivity index (χ2n) is 3.91. The van der Waals surface area contributed by atoms with Crippen molar-refractivity contribution in [1.29, 1.82) is 0 Å². The van der Waals surface area contributed by atoms with Gasteiger partial charge in [-0.25, -0.2) is 0 Å². The maximum atomic E-state index is 11.8. The van der Waals surface area contributed by atoms with Gasteiger partial charge in [0.1, 0.15) is 0 Å². The highest BCUT2D eigenvalue weighted by molar-refractivity contribution is 7.86. The molecule has 0 saturated carbocycles. The maximum Gasteiger partial charge on any atom is 0.405 e. The van der Waals surface area contributed by atoms with E-state index in [1.54, 1.807) is 0 Å². The lowest BCUT2D eigenvalue weighted by Gasteiger charge is -2.07. The van der Waals surface area contributed by atoms with E-state index in [0.29, 0.717) is 6.42 Å². The van der Waals surface area contributed by atoms with Gasteiger partial charge >= 0.3 is 6.18 Å². The number of hydrogen-bond acceptors (Lipinski definition) is 3. The first-order chi connectivity index (χ1) is 7.77. The van der Waals surface area contributed by atoms with Gasteiger partial charge in [-0.1, -0.05) is 39.0 Å². The summed E-state index contributed by atoms with van der Waals surface area (Å²) in [6.45, 7) is 1.91. The van der Waals surface area contributed by atoms with Gasteiger partial charge in [0, 0.05) is 0 Å². The molecular weight excluding hydrogens is 257 g/mol. The van der Waals surface area contributed by atoms with Crippen LogP contribution in [-0.2, 0) is 14.3 Å². The van der Waals surface area contributed by atoms with Crippen LogP contribution in [0.15, 0.2) is 0 Å². The van der Waals surface area contributed by atoms with Crippen molar-refractivity contribution < 1.29 is 25.8 Å². The summed E-state index contributed by atoms with van der Waals surface area (Å²) in [5.74, 6) is -1.91. The van der Waals surface area contributed by atoms with E-state index >= 15 is 0 Å². The minimum atomic E-state index is -4.74. The lowest BCUT2D eigenvalue weighted by atomic mass is 10.1. The van der Waals surface area contributed by atoms with Crippen molar-refractivity contribution in [1.82, 2.24) is 0 Å². The number of alkyl halides is 3. The Morgan fingerprint density at radius 1 is 1.00 bits per heavy atom. The minimum Gasteiger partial charge on any atom is -0.270 e. The smallest absolute Gasteiger partial charge is 0.270 e. The standard InChI is InChI=1S/C10H19F3O3S/c1-2-3-4-5-6-7-8-16-17(14,15)9-10(11,12)13/h2-9H2,1H3. The van der Waals surface area contributed by atoms with Crippen LogP contribution in [0.1, 0.15) is 45.4 Å². The largest absolute Gasteiger partial charge is 0.405 e. The molecule has 0 spiro atoms. The molecule has 0 aliphatic heterocycles. The molecule has 0 rings (SSSR count). The topological polar surface area (TPSA) is 43.4 Å². The van der Waals surface area contributed by atoms with Gasteiger partial charge in [0.15, 0.2) is 5.75 Å². The van der Waals surface area contributed by atoms with Gasteiger partial charge in [-0.05, 0) is 6.42 Å². The summed E-state index contributed by atoms with van der Waals surface area (Å²) in [6, 6.07) is 0. The Morgan fingerprint density at radius 2 is 1.53 bits per heavy atom. The van der Waals surface area contributed by atoms with Crippen LogP contribution < -0.4 is 0 Å². The predicted octanol–water partition coefficient (Wildman–Crippen LogP) is 3.26. The highest BCUT2D eigenvalue weighted by Crippen LogP contribution is 2.18. The lowest BCUT2D eigenvalue weighted by Crippen LogP contribution is -2.24. The molecule has 0 saturated heterocycles. The molecule has 0 aliphatic rings. The number of unbranched alkanes of at least 4 members (excludes halogenated alkanes) is 5. The summed E-state index contributed by atoms with van der Waals surface area (Å²) in [5.41, 5.74) is 0. The summed E-state index contributed by atoms with van der Waals surface area (Å²) in [7, 11) is -4.46. The SMILES string of the molecule is CCCCCCCCOS(=O)(=O)CC(F)(F)F. The monoisotopic (exact) mass is 276 g/mol. The van der Waals surface area contributed by atoms with E-state index in [-0.39, 0.29) is 6.61 Å². The molecule has 0 heterocycles. The van der Waals surface area contributed by atoms with Crippen LogP contribution in [0, 0.1) is 0 Å². The molecule has 0 aliphatic carbocycles. The Labute approximate surface area is 100 Å². The van der Waals surface area contributed by atoms with E-state index in [2.05, 4.69) is 11.1 Å². The Kier molecular flexibility index (Phi) is 7.78. The van der Waals surface area contributed by atoms with Gasteiger partial charge in [-0.3, -0.25) is 4.18 Å². The molecule has 104 valence electrons. The van der Waals surface area contributed by atoms with Crippen LogP contribution in [0.4, 0.5) is 13.2 Å². The molecule has 0 aromatic heterocycles. The molecule has 3 nitrogen and oxygen atoms in total. The van der Waals surface area contributed by atoms with Gasteiger partial charge in [0.2, 0.25) is 0 Å². The van der Waals surface area contributed by atoms with Crippen LogP contribution in [0.2, 0.25) is 0 Å². The average Bonchev–Trinajstić information content (AvgIpc) is 2.12. The number of rotatable bonds is 9. The first-order valence-electron chi connectivity index (χ1n) is 5.70. The normalized spacial score (nSPS) is 12.9. The van der Waals surface area contributed by atoms with Crippen LogP contribution in [0.25, 0.3) is 0 Å². The molecule has 0 N–H and O–H groups in total. The second kappa shape index (κ2) is 7.92. The van der Waals surface area contributed by atoms with Crippen molar-refractivity contribution in [2.45, 2.75) is 51.6 Å². The summed E-state index contributed by atoms with van der Waals surface area (Å²) < 4.78 is 61.4. The molecule has 0 amide bonds. The van der Waals surface area contributed by atoms with E-state index in [1.165, 1.54) is 0 Å². The molecule has 0 unspecified atom stereocenters. The first kappa shape index (κ1) is 16.7. The predicted molar refractivity (Wildman–Crippen MR) is 59.2 cm³/mol. The third kappa shape index (κ3) is 12.0. The molecule has 0 radical (unpaired) electrons. The molecule has 0 bridgehead atoms. The summed E-state index contributed by atoms with van der Waals surface area (Å²) in [4.78, 5) is 0. The van der Waals surface area contributed by atoms with E-state index in [9.17, 15) is 21.6 Å². The third-order valence-electron chi connectivity index (χ3n) is 2.10. The molecule has 0 fully saturated rings. The van der Waals surface area contributed by atoms with Gasteiger partial charge in [0.05, 0.1) is 6.61 Å². The van der Waals surface area contributed by atoms with Crippen molar-refractivity contribution in [3.05, 3.63) is 0 Å². The fraction of sp³-hybridized carbons (Fsp3) is 1.00. The van der Waals surface area contributed by atoms with Gasteiger partial charge in [-0.2, -0.15) is 21.6 Å². The fourth-order valence-electron chi connectivity index (χ4n) is 1.31. The summed E-state index contributed by atoms with van der Waals surface area (Å²) in [6.07, 6.45) is 0.758. The van der Waals surface area contributed by atoms with E-state index < -0.39 is 22.0 Å². The average molecular weight is 276 g/mol. The van der Waals surface area contributed by atoms with Crippen molar-refractivity contribution in [3.8, 4) is 0 Å². The third-order valence-corrected chi connectivity index (χ3v) is 3.31. The zero-order chi connectivity index (χ0) is 13.4. The second-order valence-corrected chi connectivity index (χ2v) is 5.55. The lowest BCUT2D eigenvalue weighted by molar-refractivity contribution is -0.107. The Hall–Kier alpha value is -0.300. The van der Waals surface area contributed by atoms with Crippen LogP contribution in [-0.4, -0.2) is 27.0 Å². The van der Waals surface area contributed by atoms with E-state index in [4.69, 9.17) is 0 Å². The van der Waals surface area contributed by atoms with Gasteiger partial charge < -0.3 is 0 Å². The summed E-state index contributed by atoms with van der Waals surface area (Å²) in [5, 5.41) is 0. The highest BCUT2D eigenvalue weighted by atomic mass is 32.2. The number of halogens is 3. The molecule has 17 heavy (non-hydrogen) atoms. The quantitative estimate of drug-likeness (QED) is 0.479. The Morgan fingerprint density at radius 3 is 2.06 bits per heavy atom. The van der Waals surface area contributed by atoms with Crippen molar-refractivity contribution in [2.75, 3.05) is 12.4 Å². The van der Waals surface area contributed by atoms with Crippen molar-refractivity contribution in [3.63, 3.8) is 0 Å². The zero-order valence-electron chi connectivity index (χ0n) is 9.92. The molecule has 0 atom stereocenters. The van der Waals surface area contributed by atoms with Gasteiger partial charge in [-0.15, -0.1) is 0 Å². The fourth-order valence-corrected chi connectivity index (χ4v) is 2.17. The van der Waals surface area contributed by atoms with E-state index in [1.807, 2.05) is 0 Å². The molecule has 0 aromatic carbocycles. The first-order valence-corrected chi connectivity index (χ1v) is 7.28. The zero-order valence-corrected chi connectivity index (χ0v) is 10.7. The minimum absolute atomic E-state index is 0.162. The van der Waals surface area contributed by atoms with Crippen LogP contribution in [0.3, 0.4) is 0 Å². The maximum absolute atomic E-state index is 11.8. The van der Waals surface area contributed by atoms with Crippen LogP contribution >= 0.6 is 0 Å². The van der Waals surface area contributed by atoms with Gasteiger partial charge in [0.25, 0.3) is 10.1 Å². The van der Waals surface area contributed by atoms with Crippen molar-refractivity contribution >= 4 is 10.1 Å². The Balaban J connectivity index is 3.60. The molecule has 0 aromatic rings. The molecular formula is C10H19F3O3S. The molecule has 7 heteroatoms. The van der Waals surface area contributed by atoms with E-state index in [0.717, 1.165) is 32.1 Å². The highest BCUT2D eigenvalue weighted by Gasteiger charge is 2.35. The number of hydrogen-bond donors (Lipinski definition) is 0. The van der Waals surface area contributed by atoms with Crippen LogP contribution in [0.5, 0.6) is 0 Å².